The summed E-state index contributed by atoms with van der Waals surface area (Å²) in [6.45, 7) is 8.29. The van der Waals surface area contributed by atoms with Crippen LogP contribution in [0.25, 0.3) is 0 Å². The van der Waals surface area contributed by atoms with Gasteiger partial charge in [-0.25, -0.2) is 4.39 Å². The Kier molecular flexibility index (Phi) is 5.00. The number of benzene rings is 1. The average molecular weight is 299 g/mol. The van der Waals surface area contributed by atoms with Crippen LogP contribution in [-0.4, -0.2) is 48.4 Å². The summed E-state index contributed by atoms with van der Waals surface area (Å²) in [6.07, 6.45) is 0. The first-order valence-corrected chi connectivity index (χ1v) is 7.32. The molecule has 0 bridgehead atoms. The van der Waals surface area contributed by atoms with Gasteiger partial charge in [0, 0.05) is 32.7 Å². The van der Waals surface area contributed by atoms with Gasteiger partial charge >= 0.3 is 0 Å². The maximum absolute atomic E-state index is 13.8. The van der Waals surface area contributed by atoms with Crippen molar-refractivity contribution in [3.8, 4) is 0 Å². The lowest BCUT2D eigenvalue weighted by Gasteiger charge is -2.35. The third kappa shape index (κ3) is 3.49. The zero-order chi connectivity index (χ0) is 14.7. The van der Waals surface area contributed by atoms with Gasteiger partial charge in [-0.15, -0.1) is 0 Å². The SMILES string of the molecule is CC(C)CN1CCN(C(=O)c2c(F)cccc2Cl)CC1. The Bertz CT molecular complexity index is 465. The molecule has 0 saturated carbocycles. The van der Waals surface area contributed by atoms with E-state index < -0.39 is 5.82 Å². The molecule has 1 aliphatic rings. The summed E-state index contributed by atoms with van der Waals surface area (Å²) in [4.78, 5) is 16.4. The molecular formula is C15H20ClFN2O. The van der Waals surface area contributed by atoms with Crippen LogP contribution in [0, 0.1) is 11.7 Å². The van der Waals surface area contributed by atoms with Crippen LogP contribution in [-0.2, 0) is 0 Å². The van der Waals surface area contributed by atoms with E-state index in [0.717, 1.165) is 19.6 Å². The molecular weight excluding hydrogens is 279 g/mol. The molecule has 0 N–H and O–H groups in total. The highest BCUT2D eigenvalue weighted by Crippen LogP contribution is 2.21. The Morgan fingerprint density at radius 3 is 2.50 bits per heavy atom. The highest BCUT2D eigenvalue weighted by Gasteiger charge is 2.25. The second kappa shape index (κ2) is 6.55. The number of carbonyl (C=O) groups is 1. The first-order chi connectivity index (χ1) is 9.49. The van der Waals surface area contributed by atoms with Gasteiger partial charge in [-0.1, -0.05) is 31.5 Å². The van der Waals surface area contributed by atoms with Gasteiger partial charge in [0.05, 0.1) is 10.6 Å². The van der Waals surface area contributed by atoms with E-state index in [1.165, 1.54) is 12.1 Å². The van der Waals surface area contributed by atoms with E-state index in [0.29, 0.717) is 19.0 Å². The summed E-state index contributed by atoms with van der Waals surface area (Å²) < 4.78 is 13.8. The third-order valence-electron chi connectivity index (χ3n) is 3.46. The van der Waals surface area contributed by atoms with Crippen molar-refractivity contribution in [1.82, 2.24) is 9.80 Å². The van der Waals surface area contributed by atoms with Crippen LogP contribution >= 0.6 is 11.6 Å². The van der Waals surface area contributed by atoms with Crippen molar-refractivity contribution in [2.75, 3.05) is 32.7 Å². The van der Waals surface area contributed by atoms with E-state index >= 15 is 0 Å². The number of hydrogen-bond donors (Lipinski definition) is 0. The van der Waals surface area contributed by atoms with Crippen LogP contribution in [0.2, 0.25) is 5.02 Å². The summed E-state index contributed by atoms with van der Waals surface area (Å²) in [5.41, 5.74) is -0.00789. The molecule has 110 valence electrons. The Labute approximate surface area is 124 Å². The van der Waals surface area contributed by atoms with Crippen LogP contribution in [0.5, 0.6) is 0 Å². The zero-order valence-corrected chi connectivity index (χ0v) is 12.7. The zero-order valence-electron chi connectivity index (χ0n) is 11.9. The number of halogens is 2. The van der Waals surface area contributed by atoms with Crippen molar-refractivity contribution >= 4 is 17.5 Å². The molecule has 0 spiro atoms. The van der Waals surface area contributed by atoms with Gasteiger partial charge < -0.3 is 4.90 Å². The molecule has 2 rings (SSSR count). The lowest BCUT2D eigenvalue weighted by molar-refractivity contribution is 0.0619. The van der Waals surface area contributed by atoms with Gasteiger partial charge in [0.2, 0.25) is 0 Å². The van der Waals surface area contributed by atoms with Gasteiger partial charge in [-0.2, -0.15) is 0 Å². The van der Waals surface area contributed by atoms with Crippen LogP contribution in [0.1, 0.15) is 24.2 Å². The second-order valence-corrected chi connectivity index (χ2v) is 5.99. The van der Waals surface area contributed by atoms with Crippen molar-refractivity contribution < 1.29 is 9.18 Å². The van der Waals surface area contributed by atoms with Gasteiger partial charge in [0.25, 0.3) is 5.91 Å². The summed E-state index contributed by atoms with van der Waals surface area (Å²) in [5.74, 6) is -0.248. The quantitative estimate of drug-likeness (QED) is 0.857. The van der Waals surface area contributed by atoms with E-state index in [1.807, 2.05) is 0 Å². The van der Waals surface area contributed by atoms with Gasteiger partial charge in [-0.3, -0.25) is 9.69 Å². The number of piperazine rings is 1. The second-order valence-electron chi connectivity index (χ2n) is 5.58. The number of rotatable bonds is 3. The van der Waals surface area contributed by atoms with Crippen molar-refractivity contribution in [1.29, 1.82) is 0 Å². The van der Waals surface area contributed by atoms with Crippen molar-refractivity contribution in [3.05, 3.63) is 34.6 Å². The summed E-state index contributed by atoms with van der Waals surface area (Å²) >= 11 is 5.94. The number of nitrogens with zero attached hydrogens (tertiary/aromatic N) is 2. The third-order valence-corrected chi connectivity index (χ3v) is 3.77. The van der Waals surface area contributed by atoms with Crippen LogP contribution in [0.3, 0.4) is 0 Å². The first-order valence-electron chi connectivity index (χ1n) is 6.94. The smallest absolute Gasteiger partial charge is 0.258 e. The molecule has 1 aliphatic heterocycles. The van der Waals surface area contributed by atoms with Crippen LogP contribution in [0.15, 0.2) is 18.2 Å². The fourth-order valence-corrected chi connectivity index (χ4v) is 2.75. The topological polar surface area (TPSA) is 23.6 Å². The van der Waals surface area contributed by atoms with Crippen molar-refractivity contribution in [2.45, 2.75) is 13.8 Å². The minimum absolute atomic E-state index is 0.00789. The van der Waals surface area contributed by atoms with Gasteiger partial charge in [-0.05, 0) is 18.1 Å². The van der Waals surface area contributed by atoms with Crippen molar-refractivity contribution in [2.24, 2.45) is 5.92 Å². The predicted octanol–water partition coefficient (Wildman–Crippen LogP) is 2.89. The molecule has 0 aromatic heterocycles. The highest BCUT2D eigenvalue weighted by molar-refractivity contribution is 6.33. The number of carbonyl (C=O) groups excluding carboxylic acids is 1. The molecule has 1 aromatic rings. The lowest BCUT2D eigenvalue weighted by atomic mass is 10.1. The monoisotopic (exact) mass is 298 g/mol. The van der Waals surface area contributed by atoms with Crippen LogP contribution < -0.4 is 0 Å². The molecule has 1 saturated heterocycles. The maximum Gasteiger partial charge on any atom is 0.258 e. The van der Waals surface area contributed by atoms with Gasteiger partial charge in [0.1, 0.15) is 5.82 Å². The molecule has 5 heteroatoms. The van der Waals surface area contributed by atoms with Crippen LogP contribution in [0.4, 0.5) is 4.39 Å². The Hall–Kier alpha value is -1.13. The number of hydrogen-bond acceptors (Lipinski definition) is 2. The lowest BCUT2D eigenvalue weighted by Crippen LogP contribution is -2.49. The molecule has 1 amide bonds. The van der Waals surface area contributed by atoms with Crippen molar-refractivity contribution in [3.63, 3.8) is 0 Å². The molecule has 20 heavy (non-hydrogen) atoms. The standard InChI is InChI=1S/C15H20ClFN2O/c1-11(2)10-18-6-8-19(9-7-18)15(20)14-12(16)4-3-5-13(14)17/h3-5,11H,6-10H2,1-2H3. The Morgan fingerprint density at radius 2 is 1.95 bits per heavy atom. The van der Waals surface area contributed by atoms with E-state index in [1.54, 1.807) is 11.0 Å². The molecule has 0 atom stereocenters. The summed E-state index contributed by atoms with van der Waals surface area (Å²) in [6, 6.07) is 4.33. The molecule has 1 aromatic carbocycles. The minimum Gasteiger partial charge on any atom is -0.336 e. The summed E-state index contributed by atoms with van der Waals surface area (Å²) in [5, 5.41) is 0.180. The largest absolute Gasteiger partial charge is 0.336 e. The fraction of sp³-hybridized carbons (Fsp3) is 0.533. The van der Waals surface area contributed by atoms with E-state index in [2.05, 4.69) is 18.7 Å². The maximum atomic E-state index is 13.8. The Morgan fingerprint density at radius 1 is 1.30 bits per heavy atom. The fourth-order valence-electron chi connectivity index (χ4n) is 2.51. The van der Waals surface area contributed by atoms with E-state index in [-0.39, 0.29) is 16.5 Å². The minimum atomic E-state index is -0.549. The first kappa shape index (κ1) is 15.3. The molecule has 1 fully saturated rings. The van der Waals surface area contributed by atoms with Gasteiger partial charge in [0.15, 0.2) is 0 Å². The molecule has 0 aliphatic carbocycles. The predicted molar refractivity (Wildman–Crippen MR) is 78.6 cm³/mol. The average Bonchev–Trinajstić information content (AvgIpc) is 2.38. The Balaban J connectivity index is 2.02. The normalized spacial score (nSPS) is 16.8. The number of amides is 1. The highest BCUT2D eigenvalue weighted by atomic mass is 35.5. The molecule has 1 heterocycles. The molecule has 0 radical (unpaired) electrons. The summed E-state index contributed by atoms with van der Waals surface area (Å²) in [7, 11) is 0. The van der Waals surface area contributed by atoms with E-state index in [4.69, 9.17) is 11.6 Å². The molecule has 0 unspecified atom stereocenters. The van der Waals surface area contributed by atoms with E-state index in [9.17, 15) is 9.18 Å². The molecule has 3 nitrogen and oxygen atoms in total.